The van der Waals surface area contributed by atoms with Gasteiger partial charge in [0.1, 0.15) is 0 Å². The summed E-state index contributed by atoms with van der Waals surface area (Å²) in [5, 5.41) is 3.07. The molecule has 3 rings (SSSR count). The average Bonchev–Trinajstić information content (AvgIpc) is 3.23. The molecule has 0 saturated carbocycles. The summed E-state index contributed by atoms with van der Waals surface area (Å²) in [5.41, 5.74) is 0.800. The minimum Gasteiger partial charge on any atom is -0.356 e. The van der Waals surface area contributed by atoms with Gasteiger partial charge in [0.05, 0.1) is 5.75 Å². The van der Waals surface area contributed by atoms with E-state index in [1.54, 1.807) is 4.31 Å². The Morgan fingerprint density at radius 3 is 2.39 bits per heavy atom. The lowest BCUT2D eigenvalue weighted by Gasteiger charge is -2.31. The molecule has 2 aliphatic rings. The van der Waals surface area contributed by atoms with E-state index in [-0.39, 0.29) is 17.6 Å². The number of nitrogens with zero attached hydrogens (tertiary/aromatic N) is 2. The Bertz CT molecular complexity index is 725. The van der Waals surface area contributed by atoms with Crippen LogP contribution in [0.25, 0.3) is 0 Å². The molecule has 0 aromatic heterocycles. The zero-order valence-corrected chi connectivity index (χ0v) is 17.7. The summed E-state index contributed by atoms with van der Waals surface area (Å²) in [4.78, 5) is 14.9. The first-order valence-electron chi connectivity index (χ1n) is 10.5. The van der Waals surface area contributed by atoms with Crippen LogP contribution in [-0.4, -0.2) is 62.3 Å². The summed E-state index contributed by atoms with van der Waals surface area (Å²) in [7, 11) is -3.33. The standard InChI is InChI=1S/C21H33N3O3S/c1-18(23-13-5-6-14-23)9-12-22-21(25)20-10-15-24(16-11-20)28(26,27)17-19-7-3-2-4-8-19/h2-4,7-8,18,20H,5-6,9-17H2,1H3,(H,22,25)/t18-/m0/s1. The van der Waals surface area contributed by atoms with Crippen LogP contribution in [0.3, 0.4) is 0 Å². The monoisotopic (exact) mass is 407 g/mol. The Kier molecular flexibility index (Phi) is 7.48. The summed E-state index contributed by atoms with van der Waals surface area (Å²) in [6.45, 7) is 6.13. The van der Waals surface area contributed by atoms with Gasteiger partial charge in [0.25, 0.3) is 0 Å². The van der Waals surface area contributed by atoms with E-state index >= 15 is 0 Å². The van der Waals surface area contributed by atoms with E-state index in [0.717, 1.165) is 12.0 Å². The fourth-order valence-corrected chi connectivity index (χ4v) is 5.75. The maximum atomic E-state index is 12.6. The first-order valence-corrected chi connectivity index (χ1v) is 12.1. The lowest BCUT2D eigenvalue weighted by atomic mass is 9.97. The van der Waals surface area contributed by atoms with Gasteiger partial charge in [-0.25, -0.2) is 12.7 Å². The number of carbonyl (C=O) groups is 1. The van der Waals surface area contributed by atoms with Crippen molar-refractivity contribution >= 4 is 15.9 Å². The van der Waals surface area contributed by atoms with E-state index < -0.39 is 10.0 Å². The van der Waals surface area contributed by atoms with E-state index in [1.807, 2.05) is 30.3 Å². The number of sulfonamides is 1. The quantitative estimate of drug-likeness (QED) is 0.717. The van der Waals surface area contributed by atoms with E-state index in [4.69, 9.17) is 0 Å². The van der Waals surface area contributed by atoms with Crippen LogP contribution in [0.2, 0.25) is 0 Å². The third kappa shape index (κ3) is 5.78. The highest BCUT2D eigenvalue weighted by molar-refractivity contribution is 7.88. The summed E-state index contributed by atoms with van der Waals surface area (Å²) in [6.07, 6.45) is 4.73. The first-order chi connectivity index (χ1) is 13.5. The van der Waals surface area contributed by atoms with Gasteiger partial charge in [-0.2, -0.15) is 0 Å². The first kappa shape index (κ1) is 21.3. The minimum atomic E-state index is -3.33. The molecule has 2 fully saturated rings. The van der Waals surface area contributed by atoms with Gasteiger partial charge in [0.15, 0.2) is 0 Å². The smallest absolute Gasteiger partial charge is 0.223 e. The number of nitrogens with one attached hydrogen (secondary N) is 1. The van der Waals surface area contributed by atoms with Crippen LogP contribution in [0.4, 0.5) is 0 Å². The summed E-state index contributed by atoms with van der Waals surface area (Å²) in [6, 6.07) is 9.76. The highest BCUT2D eigenvalue weighted by Crippen LogP contribution is 2.22. The molecule has 0 spiro atoms. The van der Waals surface area contributed by atoms with Crippen LogP contribution >= 0.6 is 0 Å². The topological polar surface area (TPSA) is 69.7 Å². The molecule has 0 bridgehead atoms. The third-order valence-electron chi connectivity index (χ3n) is 6.04. The number of piperidine rings is 1. The van der Waals surface area contributed by atoms with Crippen LogP contribution in [0.15, 0.2) is 30.3 Å². The van der Waals surface area contributed by atoms with E-state index in [2.05, 4.69) is 17.1 Å². The van der Waals surface area contributed by atoms with Gasteiger partial charge < -0.3 is 10.2 Å². The van der Waals surface area contributed by atoms with Gasteiger partial charge >= 0.3 is 0 Å². The van der Waals surface area contributed by atoms with Crippen LogP contribution in [0, 0.1) is 5.92 Å². The van der Waals surface area contributed by atoms with Crippen molar-refractivity contribution < 1.29 is 13.2 Å². The minimum absolute atomic E-state index is 0.0269. The molecule has 6 nitrogen and oxygen atoms in total. The molecule has 2 saturated heterocycles. The van der Waals surface area contributed by atoms with E-state index in [0.29, 0.717) is 38.5 Å². The second kappa shape index (κ2) is 9.85. The predicted octanol–water partition coefficient (Wildman–Crippen LogP) is 2.22. The van der Waals surface area contributed by atoms with Crippen molar-refractivity contribution in [1.82, 2.24) is 14.5 Å². The molecule has 0 radical (unpaired) electrons. The fourth-order valence-electron chi connectivity index (χ4n) is 4.19. The number of hydrogen-bond donors (Lipinski definition) is 1. The summed E-state index contributed by atoms with van der Waals surface area (Å²) in [5.74, 6) is 0.0259. The van der Waals surface area contributed by atoms with Gasteiger partial charge in [0, 0.05) is 31.6 Å². The molecule has 0 aliphatic carbocycles. The lowest BCUT2D eigenvalue weighted by Crippen LogP contribution is -2.44. The molecule has 156 valence electrons. The SMILES string of the molecule is C[C@@H](CCNC(=O)C1CCN(S(=O)(=O)Cc2ccccc2)CC1)N1CCCC1. The van der Waals surface area contributed by atoms with Crippen LogP contribution < -0.4 is 5.32 Å². The van der Waals surface area contributed by atoms with E-state index in [1.165, 1.54) is 25.9 Å². The van der Waals surface area contributed by atoms with Crippen molar-refractivity contribution in [3.8, 4) is 0 Å². The maximum Gasteiger partial charge on any atom is 0.223 e. The number of carbonyl (C=O) groups excluding carboxylic acids is 1. The largest absolute Gasteiger partial charge is 0.356 e. The number of hydrogen-bond acceptors (Lipinski definition) is 4. The summed E-state index contributed by atoms with van der Waals surface area (Å²) >= 11 is 0. The van der Waals surface area contributed by atoms with Crippen molar-refractivity contribution in [2.24, 2.45) is 5.92 Å². The number of benzene rings is 1. The molecule has 2 heterocycles. The number of amides is 1. The van der Waals surface area contributed by atoms with Crippen LogP contribution in [0.1, 0.15) is 44.6 Å². The Balaban J connectivity index is 1.39. The highest BCUT2D eigenvalue weighted by atomic mass is 32.2. The average molecular weight is 408 g/mol. The van der Waals surface area contributed by atoms with Crippen molar-refractivity contribution in [2.45, 2.75) is 50.8 Å². The zero-order valence-electron chi connectivity index (χ0n) is 16.8. The second-order valence-corrected chi connectivity index (χ2v) is 10.1. The summed E-state index contributed by atoms with van der Waals surface area (Å²) < 4.78 is 26.8. The van der Waals surface area contributed by atoms with Crippen LogP contribution in [0.5, 0.6) is 0 Å². The molecule has 1 aromatic rings. The van der Waals surface area contributed by atoms with Crippen molar-refractivity contribution in [2.75, 3.05) is 32.7 Å². The molecular weight excluding hydrogens is 374 g/mol. The molecule has 1 N–H and O–H groups in total. The van der Waals surface area contributed by atoms with Gasteiger partial charge in [-0.05, 0) is 57.7 Å². The van der Waals surface area contributed by atoms with Gasteiger partial charge in [-0.15, -0.1) is 0 Å². The third-order valence-corrected chi connectivity index (χ3v) is 7.89. The molecule has 1 amide bonds. The van der Waals surface area contributed by atoms with Crippen molar-refractivity contribution in [3.05, 3.63) is 35.9 Å². The Morgan fingerprint density at radius 2 is 1.75 bits per heavy atom. The van der Waals surface area contributed by atoms with Gasteiger partial charge in [-0.1, -0.05) is 30.3 Å². The van der Waals surface area contributed by atoms with Crippen molar-refractivity contribution in [3.63, 3.8) is 0 Å². The van der Waals surface area contributed by atoms with Gasteiger partial charge in [0.2, 0.25) is 15.9 Å². The maximum absolute atomic E-state index is 12.6. The van der Waals surface area contributed by atoms with Crippen LogP contribution in [-0.2, 0) is 20.6 Å². The Morgan fingerprint density at radius 1 is 1.11 bits per heavy atom. The Labute approximate surface area is 169 Å². The highest BCUT2D eigenvalue weighted by Gasteiger charge is 2.31. The second-order valence-electron chi connectivity index (χ2n) is 8.09. The number of rotatable bonds is 8. The van der Waals surface area contributed by atoms with E-state index in [9.17, 15) is 13.2 Å². The fraction of sp³-hybridized carbons (Fsp3) is 0.667. The molecular formula is C21H33N3O3S. The van der Waals surface area contributed by atoms with Gasteiger partial charge in [-0.3, -0.25) is 4.79 Å². The molecule has 0 unspecified atom stereocenters. The predicted molar refractivity (Wildman–Crippen MR) is 111 cm³/mol. The molecule has 1 atom stereocenters. The molecule has 7 heteroatoms. The molecule has 1 aromatic carbocycles. The normalized spacial score (nSPS) is 20.9. The molecule has 2 aliphatic heterocycles. The lowest BCUT2D eigenvalue weighted by molar-refractivity contribution is -0.126. The van der Waals surface area contributed by atoms with Crippen molar-refractivity contribution in [1.29, 1.82) is 0 Å². The number of likely N-dealkylation sites (tertiary alicyclic amines) is 1. The molecule has 28 heavy (non-hydrogen) atoms. The Hall–Kier alpha value is -1.44. The zero-order chi connectivity index (χ0) is 20.0.